The normalized spacial score (nSPS) is 13.9. The molecular weight excluding hydrogens is 114 g/mol. The fraction of sp³-hybridized carbons (Fsp3) is 1.00. The van der Waals surface area contributed by atoms with Crippen LogP contribution in [0.3, 0.4) is 0 Å². The molecule has 0 heterocycles. The second-order valence-electron chi connectivity index (χ2n) is 1.60. The molecule has 0 aliphatic carbocycles. The predicted molar refractivity (Wildman–Crippen MR) is 25.7 cm³/mol. The van der Waals surface area contributed by atoms with Crippen molar-refractivity contribution in [3.05, 3.63) is 0 Å². The fourth-order valence-corrected chi connectivity index (χ4v) is 0.382. The van der Waals surface area contributed by atoms with E-state index in [9.17, 15) is 13.9 Å². The Labute approximate surface area is 47.3 Å². The average Bonchev–Trinajstić information content (AvgIpc) is 1.83. The first-order valence-corrected chi connectivity index (χ1v) is 2.59. The van der Waals surface area contributed by atoms with Gasteiger partial charge in [-0.1, -0.05) is 0 Å². The van der Waals surface area contributed by atoms with Crippen LogP contribution in [-0.2, 0) is 5.11 Å². The van der Waals surface area contributed by atoms with Gasteiger partial charge in [-0.05, 0) is 12.8 Å². The summed E-state index contributed by atoms with van der Waals surface area (Å²) in [5, 5.41) is 9.64. The summed E-state index contributed by atoms with van der Waals surface area (Å²) in [5.41, 5.74) is 0. The molecule has 0 rings (SSSR count). The second kappa shape index (κ2) is 4.97. The molecule has 0 N–H and O–H groups in total. The van der Waals surface area contributed by atoms with Crippen molar-refractivity contribution in [1.29, 1.82) is 0 Å². The van der Waals surface area contributed by atoms with E-state index in [1.165, 1.54) is 0 Å². The van der Waals surface area contributed by atoms with Gasteiger partial charge >= 0.3 is 0 Å². The molecule has 0 aromatic heterocycles. The van der Waals surface area contributed by atoms with Crippen molar-refractivity contribution in [3.63, 3.8) is 0 Å². The van der Waals surface area contributed by atoms with E-state index in [0.29, 0.717) is 0 Å². The molecule has 0 amide bonds. The number of halogens is 2. The summed E-state index contributed by atoms with van der Waals surface area (Å²) < 4.78 is 23.1. The Hall–Kier alpha value is -0.180. The predicted octanol–water partition coefficient (Wildman–Crippen LogP) is 1.50. The van der Waals surface area contributed by atoms with Crippen LogP contribution in [0.5, 0.6) is 0 Å². The maximum atomic E-state index is 11.8. The smallest absolute Gasteiger partial charge is 0.127 e. The Morgan fingerprint density at radius 1 is 1.50 bits per heavy atom. The molecule has 0 aromatic carbocycles. The zero-order valence-electron chi connectivity index (χ0n) is 4.57. The third-order valence-electron chi connectivity index (χ3n) is 0.832. The van der Waals surface area contributed by atoms with Gasteiger partial charge in [0, 0.05) is 0 Å². The molecule has 0 saturated heterocycles. The van der Waals surface area contributed by atoms with Gasteiger partial charge in [-0.3, -0.25) is 4.39 Å². The van der Waals surface area contributed by atoms with Gasteiger partial charge in [0.05, 0.1) is 6.67 Å². The summed E-state index contributed by atoms with van der Waals surface area (Å²) in [6.45, 7) is -1.26. The second-order valence-corrected chi connectivity index (χ2v) is 1.60. The van der Waals surface area contributed by atoms with E-state index in [-0.39, 0.29) is 12.8 Å². The van der Waals surface area contributed by atoms with E-state index in [1.54, 1.807) is 0 Å². The van der Waals surface area contributed by atoms with Gasteiger partial charge in [0.25, 0.3) is 0 Å². The molecule has 0 fully saturated rings. The van der Waals surface area contributed by atoms with Crippen molar-refractivity contribution in [2.75, 3.05) is 13.3 Å². The Kier molecular flexibility index (Phi) is 4.85. The summed E-state index contributed by atoms with van der Waals surface area (Å²) in [6.07, 6.45) is -1.10. The summed E-state index contributed by atoms with van der Waals surface area (Å²) >= 11 is 0. The molecule has 0 aromatic rings. The molecular formula is C5H9F2O. The lowest BCUT2D eigenvalue weighted by Crippen LogP contribution is -2.04. The molecule has 0 aliphatic heterocycles. The van der Waals surface area contributed by atoms with Crippen molar-refractivity contribution in [2.24, 2.45) is 0 Å². The van der Waals surface area contributed by atoms with E-state index in [4.69, 9.17) is 0 Å². The maximum Gasteiger partial charge on any atom is 0.127 e. The molecule has 1 radical (unpaired) electrons. The van der Waals surface area contributed by atoms with Crippen LogP contribution in [0.2, 0.25) is 0 Å². The van der Waals surface area contributed by atoms with Gasteiger partial charge in [-0.25, -0.2) is 9.50 Å². The summed E-state index contributed by atoms with van der Waals surface area (Å²) in [7, 11) is 0. The van der Waals surface area contributed by atoms with Crippen LogP contribution in [-0.4, -0.2) is 19.5 Å². The average molecular weight is 123 g/mol. The SMILES string of the molecule is [O]CC(F)CCCF. The van der Waals surface area contributed by atoms with E-state index >= 15 is 0 Å². The third kappa shape index (κ3) is 3.99. The van der Waals surface area contributed by atoms with Gasteiger partial charge < -0.3 is 0 Å². The molecule has 0 spiro atoms. The minimum Gasteiger partial charge on any atom is -0.251 e. The van der Waals surface area contributed by atoms with Crippen molar-refractivity contribution in [2.45, 2.75) is 19.0 Å². The third-order valence-corrected chi connectivity index (χ3v) is 0.832. The molecule has 0 bridgehead atoms. The minimum atomic E-state index is -1.34. The highest BCUT2D eigenvalue weighted by Gasteiger charge is 2.02. The first-order valence-electron chi connectivity index (χ1n) is 2.59. The van der Waals surface area contributed by atoms with Crippen molar-refractivity contribution in [3.8, 4) is 0 Å². The monoisotopic (exact) mass is 123 g/mol. The molecule has 1 unspecified atom stereocenters. The van der Waals surface area contributed by atoms with Gasteiger partial charge in [0.1, 0.15) is 12.8 Å². The van der Waals surface area contributed by atoms with Crippen LogP contribution >= 0.6 is 0 Å². The lowest BCUT2D eigenvalue weighted by Gasteiger charge is -1.97. The number of hydrogen-bond donors (Lipinski definition) is 0. The summed E-state index contributed by atoms with van der Waals surface area (Å²) in [6, 6.07) is 0. The van der Waals surface area contributed by atoms with Crippen LogP contribution in [0.15, 0.2) is 0 Å². The number of rotatable bonds is 4. The first kappa shape index (κ1) is 7.82. The van der Waals surface area contributed by atoms with E-state index in [2.05, 4.69) is 0 Å². The highest BCUT2D eigenvalue weighted by Crippen LogP contribution is 2.00. The molecule has 1 atom stereocenters. The Morgan fingerprint density at radius 2 is 2.12 bits per heavy atom. The van der Waals surface area contributed by atoms with Gasteiger partial charge in [-0.15, -0.1) is 0 Å². The van der Waals surface area contributed by atoms with E-state index in [0.717, 1.165) is 0 Å². The minimum absolute atomic E-state index is 0.0694. The molecule has 3 heteroatoms. The Balaban J connectivity index is 2.86. The number of hydrogen-bond acceptors (Lipinski definition) is 0. The van der Waals surface area contributed by atoms with Crippen molar-refractivity contribution in [1.82, 2.24) is 0 Å². The van der Waals surface area contributed by atoms with E-state index in [1.807, 2.05) is 0 Å². The first-order chi connectivity index (χ1) is 3.81. The summed E-state index contributed by atoms with van der Waals surface area (Å²) in [5.74, 6) is 0. The molecule has 0 saturated carbocycles. The summed E-state index contributed by atoms with van der Waals surface area (Å²) in [4.78, 5) is 0. The quantitative estimate of drug-likeness (QED) is 0.540. The largest absolute Gasteiger partial charge is 0.251 e. The van der Waals surface area contributed by atoms with Crippen LogP contribution in [0.4, 0.5) is 8.78 Å². The zero-order chi connectivity index (χ0) is 6.41. The standard InChI is InChI=1S/C5H9F2O/c6-3-1-2-5(7)4-8/h5H,1-4H2. The van der Waals surface area contributed by atoms with Gasteiger partial charge in [0.15, 0.2) is 0 Å². The molecule has 1 nitrogen and oxygen atoms in total. The van der Waals surface area contributed by atoms with Crippen LogP contribution < -0.4 is 0 Å². The maximum absolute atomic E-state index is 11.8. The van der Waals surface area contributed by atoms with Gasteiger partial charge in [0.2, 0.25) is 0 Å². The molecule has 49 valence electrons. The van der Waals surface area contributed by atoms with Gasteiger partial charge in [-0.2, -0.15) is 0 Å². The Bertz CT molecular complexity index is 49.7. The molecule has 0 aliphatic rings. The fourth-order valence-electron chi connectivity index (χ4n) is 0.382. The van der Waals surface area contributed by atoms with Crippen LogP contribution in [0.25, 0.3) is 0 Å². The van der Waals surface area contributed by atoms with Crippen molar-refractivity contribution >= 4 is 0 Å². The Morgan fingerprint density at radius 3 is 2.50 bits per heavy atom. The topological polar surface area (TPSA) is 19.9 Å². The lowest BCUT2D eigenvalue weighted by molar-refractivity contribution is 0.107. The lowest BCUT2D eigenvalue weighted by atomic mass is 10.2. The van der Waals surface area contributed by atoms with Crippen LogP contribution in [0.1, 0.15) is 12.8 Å². The van der Waals surface area contributed by atoms with E-state index < -0.39 is 19.5 Å². The molecule has 8 heavy (non-hydrogen) atoms. The van der Waals surface area contributed by atoms with Crippen molar-refractivity contribution < 1.29 is 13.9 Å². The zero-order valence-corrected chi connectivity index (χ0v) is 4.57. The highest BCUT2D eigenvalue weighted by molar-refractivity contribution is 4.51. The number of alkyl halides is 2. The van der Waals surface area contributed by atoms with Crippen LogP contribution in [0, 0.1) is 0 Å². The highest BCUT2D eigenvalue weighted by atomic mass is 19.1.